The number of hydrogen-bond donors (Lipinski definition) is 1. The van der Waals surface area contributed by atoms with Gasteiger partial charge in [-0.05, 0) is 55.5 Å². The molecule has 0 aromatic heterocycles. The molecule has 3 rings (SSSR count). The second-order valence-corrected chi connectivity index (χ2v) is 11.5. The first-order valence-corrected chi connectivity index (χ1v) is 14.8. The van der Waals surface area contributed by atoms with Crippen molar-refractivity contribution in [3.63, 3.8) is 0 Å². The van der Waals surface area contributed by atoms with Crippen LogP contribution in [0.3, 0.4) is 0 Å². The highest BCUT2D eigenvalue weighted by Gasteiger charge is 2.32. The molecule has 0 bridgehead atoms. The minimum Gasteiger partial charge on any atom is -0.497 e. The molecular formula is C28H39N3O5S. The molecule has 2 aromatic rings. The number of benzene rings is 2. The van der Waals surface area contributed by atoms with E-state index in [2.05, 4.69) is 5.32 Å². The van der Waals surface area contributed by atoms with E-state index in [1.807, 2.05) is 37.3 Å². The Morgan fingerprint density at radius 2 is 1.68 bits per heavy atom. The second kappa shape index (κ2) is 13.5. The lowest BCUT2D eigenvalue weighted by molar-refractivity contribution is -0.140. The predicted molar refractivity (Wildman–Crippen MR) is 146 cm³/mol. The number of ether oxygens (including phenoxy) is 1. The SMILES string of the molecule is CC[C@@H](C(=O)NC1CCCCC1)N(CCc1ccccc1)C(=O)CN(c1ccc(OC)cc1)S(C)(=O)=O. The van der Waals surface area contributed by atoms with Crippen molar-refractivity contribution in [1.29, 1.82) is 0 Å². The summed E-state index contributed by atoms with van der Waals surface area (Å²) in [5, 5.41) is 3.15. The first-order valence-electron chi connectivity index (χ1n) is 13.0. The number of sulfonamides is 1. The molecule has 0 saturated heterocycles. The highest BCUT2D eigenvalue weighted by Crippen LogP contribution is 2.23. The maximum absolute atomic E-state index is 13.7. The van der Waals surface area contributed by atoms with E-state index < -0.39 is 28.5 Å². The molecule has 2 aromatic carbocycles. The summed E-state index contributed by atoms with van der Waals surface area (Å²) in [6.07, 6.45) is 7.30. The van der Waals surface area contributed by atoms with Crippen molar-refractivity contribution >= 4 is 27.5 Å². The molecule has 0 heterocycles. The molecule has 202 valence electrons. The Kier molecular flexibility index (Phi) is 10.4. The van der Waals surface area contributed by atoms with E-state index in [1.54, 1.807) is 29.2 Å². The Labute approximate surface area is 221 Å². The number of nitrogens with one attached hydrogen (secondary N) is 1. The molecule has 1 aliphatic carbocycles. The van der Waals surface area contributed by atoms with Crippen LogP contribution in [0.2, 0.25) is 0 Å². The third kappa shape index (κ3) is 8.21. The number of carbonyl (C=O) groups excluding carboxylic acids is 2. The van der Waals surface area contributed by atoms with Gasteiger partial charge in [0.25, 0.3) is 0 Å². The van der Waals surface area contributed by atoms with Crippen LogP contribution in [0.15, 0.2) is 54.6 Å². The lowest BCUT2D eigenvalue weighted by Gasteiger charge is -2.34. The lowest BCUT2D eigenvalue weighted by atomic mass is 9.95. The van der Waals surface area contributed by atoms with Gasteiger partial charge in [-0.25, -0.2) is 8.42 Å². The molecule has 2 amide bonds. The van der Waals surface area contributed by atoms with Gasteiger partial charge in [0.2, 0.25) is 21.8 Å². The average molecular weight is 530 g/mol. The smallest absolute Gasteiger partial charge is 0.244 e. The van der Waals surface area contributed by atoms with Crippen LogP contribution in [0.4, 0.5) is 5.69 Å². The molecule has 0 radical (unpaired) electrons. The summed E-state index contributed by atoms with van der Waals surface area (Å²) in [5.41, 5.74) is 1.40. The van der Waals surface area contributed by atoms with Crippen LogP contribution in [-0.4, -0.2) is 63.7 Å². The molecular weight excluding hydrogens is 490 g/mol. The van der Waals surface area contributed by atoms with Crippen molar-refractivity contribution in [3.8, 4) is 5.75 Å². The van der Waals surface area contributed by atoms with Gasteiger partial charge >= 0.3 is 0 Å². The molecule has 0 aliphatic heterocycles. The molecule has 1 aliphatic rings. The molecule has 1 N–H and O–H groups in total. The fourth-order valence-electron chi connectivity index (χ4n) is 4.80. The molecule has 1 saturated carbocycles. The zero-order valence-electron chi connectivity index (χ0n) is 22.1. The fourth-order valence-corrected chi connectivity index (χ4v) is 5.65. The first-order chi connectivity index (χ1) is 17.7. The van der Waals surface area contributed by atoms with Crippen LogP contribution in [0.25, 0.3) is 0 Å². The van der Waals surface area contributed by atoms with Gasteiger partial charge < -0.3 is 15.0 Å². The summed E-state index contributed by atoms with van der Waals surface area (Å²) in [6.45, 7) is 1.79. The summed E-state index contributed by atoms with van der Waals surface area (Å²) in [4.78, 5) is 28.7. The van der Waals surface area contributed by atoms with Gasteiger partial charge in [0.1, 0.15) is 18.3 Å². The molecule has 1 atom stereocenters. The lowest BCUT2D eigenvalue weighted by Crippen LogP contribution is -2.54. The molecule has 0 spiro atoms. The third-order valence-corrected chi connectivity index (χ3v) is 8.00. The summed E-state index contributed by atoms with van der Waals surface area (Å²) in [6, 6.07) is 15.7. The van der Waals surface area contributed by atoms with Gasteiger partial charge in [-0.15, -0.1) is 0 Å². The van der Waals surface area contributed by atoms with E-state index in [0.29, 0.717) is 30.8 Å². The molecule has 9 heteroatoms. The van der Waals surface area contributed by atoms with Gasteiger partial charge in [-0.3, -0.25) is 13.9 Å². The summed E-state index contributed by atoms with van der Waals surface area (Å²) in [5.74, 6) is -0.00701. The van der Waals surface area contributed by atoms with Crippen molar-refractivity contribution in [2.75, 3.05) is 30.8 Å². The number of rotatable bonds is 12. The van der Waals surface area contributed by atoms with Gasteiger partial charge in [-0.1, -0.05) is 56.5 Å². The van der Waals surface area contributed by atoms with E-state index in [4.69, 9.17) is 4.74 Å². The van der Waals surface area contributed by atoms with Gasteiger partial charge in [-0.2, -0.15) is 0 Å². The Bertz CT molecular complexity index is 1120. The Morgan fingerprint density at radius 3 is 2.24 bits per heavy atom. The normalized spacial score (nSPS) is 15.0. The van der Waals surface area contributed by atoms with Crippen molar-refractivity contribution in [2.24, 2.45) is 0 Å². The Balaban J connectivity index is 1.85. The Hall–Kier alpha value is -3.07. The van der Waals surface area contributed by atoms with Crippen molar-refractivity contribution in [3.05, 3.63) is 60.2 Å². The number of anilines is 1. The molecule has 1 fully saturated rings. The van der Waals surface area contributed by atoms with Crippen LogP contribution in [0, 0.1) is 0 Å². The maximum atomic E-state index is 13.7. The number of hydrogen-bond acceptors (Lipinski definition) is 5. The predicted octanol–water partition coefficient (Wildman–Crippen LogP) is 3.76. The monoisotopic (exact) mass is 529 g/mol. The van der Waals surface area contributed by atoms with Crippen LogP contribution in [-0.2, 0) is 26.0 Å². The zero-order chi connectivity index (χ0) is 26.8. The van der Waals surface area contributed by atoms with Crippen LogP contribution >= 0.6 is 0 Å². The van der Waals surface area contributed by atoms with Crippen LogP contribution in [0.5, 0.6) is 5.75 Å². The standard InChI is InChI=1S/C28H39N3O5S/c1-4-26(28(33)29-23-13-9-6-10-14-23)30(20-19-22-11-7-5-8-12-22)27(32)21-31(37(3,34)35)24-15-17-25(36-2)18-16-24/h5,7-8,11-12,15-18,23,26H,4,6,9-10,13-14,19-21H2,1-3H3,(H,29,33)/t26-/m0/s1. The fraction of sp³-hybridized carbons (Fsp3) is 0.500. The van der Waals surface area contributed by atoms with Gasteiger partial charge in [0.15, 0.2) is 0 Å². The highest BCUT2D eigenvalue weighted by molar-refractivity contribution is 7.92. The summed E-state index contributed by atoms with van der Waals surface area (Å²) in [7, 11) is -2.24. The second-order valence-electron chi connectivity index (χ2n) is 9.56. The van der Waals surface area contributed by atoms with Crippen molar-refractivity contribution < 1.29 is 22.7 Å². The quantitative estimate of drug-likeness (QED) is 0.452. The van der Waals surface area contributed by atoms with Gasteiger partial charge in [0, 0.05) is 12.6 Å². The zero-order valence-corrected chi connectivity index (χ0v) is 22.9. The molecule has 37 heavy (non-hydrogen) atoms. The van der Waals surface area contributed by atoms with E-state index in [0.717, 1.165) is 41.8 Å². The maximum Gasteiger partial charge on any atom is 0.244 e. The number of carbonyl (C=O) groups is 2. The van der Waals surface area contributed by atoms with Crippen molar-refractivity contribution in [2.45, 2.75) is 64.0 Å². The average Bonchev–Trinajstić information content (AvgIpc) is 2.90. The van der Waals surface area contributed by atoms with Gasteiger partial charge in [0.05, 0.1) is 19.1 Å². The van der Waals surface area contributed by atoms with Crippen molar-refractivity contribution in [1.82, 2.24) is 10.2 Å². The molecule has 0 unspecified atom stereocenters. The highest BCUT2D eigenvalue weighted by atomic mass is 32.2. The Morgan fingerprint density at radius 1 is 1.03 bits per heavy atom. The first kappa shape index (κ1) is 28.5. The third-order valence-electron chi connectivity index (χ3n) is 6.86. The van der Waals surface area contributed by atoms with E-state index in [-0.39, 0.29) is 11.9 Å². The minimum atomic E-state index is -3.76. The number of amides is 2. The van der Waals surface area contributed by atoms with E-state index in [9.17, 15) is 18.0 Å². The minimum absolute atomic E-state index is 0.119. The number of methoxy groups -OCH3 is 1. The van der Waals surface area contributed by atoms with Crippen LogP contribution < -0.4 is 14.4 Å². The number of nitrogens with zero attached hydrogens (tertiary/aromatic N) is 2. The van der Waals surface area contributed by atoms with Crippen LogP contribution in [0.1, 0.15) is 51.0 Å². The molecule has 8 nitrogen and oxygen atoms in total. The van der Waals surface area contributed by atoms with E-state index >= 15 is 0 Å². The summed E-state index contributed by atoms with van der Waals surface area (Å²) < 4.78 is 31.7. The summed E-state index contributed by atoms with van der Waals surface area (Å²) >= 11 is 0. The van der Waals surface area contributed by atoms with E-state index in [1.165, 1.54) is 13.5 Å². The topological polar surface area (TPSA) is 96.0 Å². The largest absolute Gasteiger partial charge is 0.497 e.